The maximum Gasteiger partial charge on any atom is 0.254 e. The smallest absolute Gasteiger partial charge is 0.254 e. The van der Waals surface area contributed by atoms with Crippen LogP contribution in [0.1, 0.15) is 46.3 Å². The molecule has 4 rings (SSSR count). The van der Waals surface area contributed by atoms with Crippen molar-refractivity contribution in [2.24, 2.45) is 5.92 Å². The number of rotatable bonds is 7. The first-order chi connectivity index (χ1) is 16.4. The summed E-state index contributed by atoms with van der Waals surface area (Å²) in [5, 5.41) is 2.75. The summed E-state index contributed by atoms with van der Waals surface area (Å²) >= 11 is 7.86. The standard InChI is InChI=1S/C27H29ClN2O3S/c1-18(2)16-29(27(32)20-6-10-22(33-3)11-7-20)17-25(31)30-14-12-24-23(13-15-34-24)26(30)19-4-8-21(28)9-5-19/h4-11,13,15,18,26H,12,14,16-17H2,1-3H3. The lowest BCUT2D eigenvalue weighted by Crippen LogP contribution is -2.47. The highest BCUT2D eigenvalue weighted by molar-refractivity contribution is 7.10. The topological polar surface area (TPSA) is 49.9 Å². The molecule has 0 aliphatic carbocycles. The highest BCUT2D eigenvalue weighted by Gasteiger charge is 2.34. The van der Waals surface area contributed by atoms with Gasteiger partial charge >= 0.3 is 0 Å². The minimum absolute atomic E-state index is 0.0343. The fraction of sp³-hybridized carbons (Fsp3) is 0.333. The van der Waals surface area contributed by atoms with Crippen molar-refractivity contribution in [3.63, 3.8) is 0 Å². The summed E-state index contributed by atoms with van der Waals surface area (Å²) in [7, 11) is 1.59. The second-order valence-electron chi connectivity index (χ2n) is 8.90. The molecule has 0 fully saturated rings. The van der Waals surface area contributed by atoms with Crippen LogP contribution in [0.3, 0.4) is 0 Å². The van der Waals surface area contributed by atoms with Gasteiger partial charge in [-0.2, -0.15) is 0 Å². The zero-order valence-electron chi connectivity index (χ0n) is 19.7. The molecule has 0 N–H and O–H groups in total. The van der Waals surface area contributed by atoms with Gasteiger partial charge in [0.2, 0.25) is 5.91 Å². The molecule has 2 heterocycles. The molecule has 1 aromatic heterocycles. The summed E-state index contributed by atoms with van der Waals surface area (Å²) in [6.07, 6.45) is 0.819. The van der Waals surface area contributed by atoms with E-state index in [1.807, 2.05) is 43.0 Å². The number of carbonyl (C=O) groups is 2. The van der Waals surface area contributed by atoms with E-state index in [1.54, 1.807) is 47.6 Å². The van der Waals surface area contributed by atoms with Gasteiger partial charge in [-0.15, -0.1) is 11.3 Å². The average molecular weight is 497 g/mol. The van der Waals surface area contributed by atoms with Crippen LogP contribution in [0.25, 0.3) is 0 Å². The van der Waals surface area contributed by atoms with Gasteiger partial charge in [-0.05, 0) is 71.3 Å². The maximum atomic E-state index is 13.7. The van der Waals surface area contributed by atoms with Crippen molar-refractivity contribution in [3.8, 4) is 5.75 Å². The SMILES string of the molecule is COc1ccc(C(=O)N(CC(=O)N2CCc3sccc3C2c2ccc(Cl)cc2)CC(C)C)cc1. The number of hydrogen-bond acceptors (Lipinski definition) is 4. The first-order valence-corrected chi connectivity index (χ1v) is 12.7. The lowest BCUT2D eigenvalue weighted by atomic mass is 9.93. The van der Waals surface area contributed by atoms with E-state index in [9.17, 15) is 9.59 Å². The Bertz CT molecular complexity index is 1140. The normalized spacial score (nSPS) is 15.2. The van der Waals surface area contributed by atoms with Crippen LogP contribution in [0, 0.1) is 5.92 Å². The predicted octanol–water partition coefficient (Wildman–Crippen LogP) is 5.68. The molecule has 0 spiro atoms. The van der Waals surface area contributed by atoms with Gasteiger partial charge in [0.1, 0.15) is 12.3 Å². The van der Waals surface area contributed by atoms with Gasteiger partial charge < -0.3 is 14.5 Å². The van der Waals surface area contributed by atoms with Crippen LogP contribution in [0.5, 0.6) is 5.75 Å². The number of amides is 2. The van der Waals surface area contributed by atoms with Crippen molar-refractivity contribution >= 4 is 34.8 Å². The quantitative estimate of drug-likeness (QED) is 0.422. The number of hydrogen-bond donors (Lipinski definition) is 0. The molecule has 0 saturated heterocycles. The molecular formula is C27H29ClN2O3S. The van der Waals surface area contributed by atoms with Crippen LogP contribution in [0.4, 0.5) is 0 Å². The molecule has 0 bridgehead atoms. The Kier molecular flexibility index (Phi) is 7.59. The van der Waals surface area contributed by atoms with Crippen molar-refractivity contribution < 1.29 is 14.3 Å². The maximum absolute atomic E-state index is 13.7. The van der Waals surface area contributed by atoms with Crippen LogP contribution in [0.2, 0.25) is 5.02 Å². The van der Waals surface area contributed by atoms with E-state index in [1.165, 1.54) is 4.88 Å². The highest BCUT2D eigenvalue weighted by atomic mass is 35.5. The van der Waals surface area contributed by atoms with E-state index < -0.39 is 0 Å². The first-order valence-electron chi connectivity index (χ1n) is 11.4. The van der Waals surface area contributed by atoms with Crippen LogP contribution < -0.4 is 4.74 Å². The van der Waals surface area contributed by atoms with E-state index in [-0.39, 0.29) is 30.3 Å². The van der Waals surface area contributed by atoms with Gasteiger partial charge in [0.05, 0.1) is 13.2 Å². The molecule has 7 heteroatoms. The third-order valence-electron chi connectivity index (χ3n) is 6.01. The molecule has 3 aromatic rings. The van der Waals surface area contributed by atoms with Crippen LogP contribution in [-0.2, 0) is 11.2 Å². The lowest BCUT2D eigenvalue weighted by molar-refractivity contribution is -0.134. The Balaban J connectivity index is 1.60. The number of nitrogens with zero attached hydrogens (tertiary/aromatic N) is 2. The zero-order chi connectivity index (χ0) is 24.2. The fourth-order valence-electron chi connectivity index (χ4n) is 4.42. The van der Waals surface area contributed by atoms with E-state index in [4.69, 9.17) is 16.3 Å². The summed E-state index contributed by atoms with van der Waals surface area (Å²) < 4.78 is 5.21. The third-order valence-corrected chi connectivity index (χ3v) is 7.26. The number of methoxy groups -OCH3 is 1. The Morgan fingerprint density at radius 1 is 1.12 bits per heavy atom. The Morgan fingerprint density at radius 2 is 1.82 bits per heavy atom. The Labute approximate surface area is 209 Å². The summed E-state index contributed by atoms with van der Waals surface area (Å²) in [5.74, 6) is 0.709. The van der Waals surface area contributed by atoms with E-state index in [0.717, 1.165) is 17.5 Å². The van der Waals surface area contributed by atoms with Gasteiger partial charge in [0, 0.05) is 28.6 Å². The zero-order valence-corrected chi connectivity index (χ0v) is 21.2. The predicted molar refractivity (Wildman–Crippen MR) is 137 cm³/mol. The number of fused-ring (bicyclic) bond motifs is 1. The number of thiophene rings is 1. The fourth-order valence-corrected chi connectivity index (χ4v) is 5.45. The summed E-state index contributed by atoms with van der Waals surface area (Å²) in [6, 6.07) is 16.6. The first kappa shape index (κ1) is 24.3. The Morgan fingerprint density at radius 3 is 2.47 bits per heavy atom. The largest absolute Gasteiger partial charge is 0.497 e. The molecule has 178 valence electrons. The molecule has 1 aliphatic heterocycles. The molecule has 2 amide bonds. The summed E-state index contributed by atoms with van der Waals surface area (Å²) in [6.45, 7) is 5.25. The molecule has 0 radical (unpaired) electrons. The number of halogens is 1. The molecule has 1 atom stereocenters. The van der Waals surface area contributed by atoms with E-state index in [0.29, 0.717) is 29.4 Å². The molecular weight excluding hydrogens is 468 g/mol. The van der Waals surface area contributed by atoms with Gasteiger partial charge in [0.25, 0.3) is 5.91 Å². The molecule has 34 heavy (non-hydrogen) atoms. The molecule has 1 unspecified atom stereocenters. The highest BCUT2D eigenvalue weighted by Crippen LogP contribution is 2.38. The Hall–Kier alpha value is -2.83. The molecule has 1 aliphatic rings. The second kappa shape index (κ2) is 10.6. The average Bonchev–Trinajstić information content (AvgIpc) is 3.32. The number of ether oxygens (including phenoxy) is 1. The monoisotopic (exact) mass is 496 g/mol. The molecule has 2 aromatic carbocycles. The number of carbonyl (C=O) groups excluding carboxylic acids is 2. The van der Waals surface area contributed by atoms with Crippen molar-refractivity contribution in [1.29, 1.82) is 0 Å². The third kappa shape index (κ3) is 5.29. The lowest BCUT2D eigenvalue weighted by Gasteiger charge is -2.38. The van der Waals surface area contributed by atoms with E-state index in [2.05, 4.69) is 11.4 Å². The summed E-state index contributed by atoms with van der Waals surface area (Å²) in [4.78, 5) is 31.9. The van der Waals surface area contributed by atoms with Gasteiger partial charge in [0.15, 0.2) is 0 Å². The van der Waals surface area contributed by atoms with Gasteiger partial charge in [-0.1, -0.05) is 37.6 Å². The van der Waals surface area contributed by atoms with Crippen molar-refractivity contribution in [3.05, 3.63) is 86.6 Å². The van der Waals surface area contributed by atoms with Crippen LogP contribution in [0.15, 0.2) is 60.0 Å². The number of benzene rings is 2. The van der Waals surface area contributed by atoms with Crippen molar-refractivity contribution in [1.82, 2.24) is 9.80 Å². The van der Waals surface area contributed by atoms with Crippen molar-refractivity contribution in [2.45, 2.75) is 26.3 Å². The second-order valence-corrected chi connectivity index (χ2v) is 10.3. The minimum atomic E-state index is -0.184. The van der Waals surface area contributed by atoms with E-state index >= 15 is 0 Å². The minimum Gasteiger partial charge on any atom is -0.497 e. The van der Waals surface area contributed by atoms with Gasteiger partial charge in [-0.3, -0.25) is 9.59 Å². The van der Waals surface area contributed by atoms with Crippen LogP contribution in [-0.4, -0.2) is 48.4 Å². The molecule has 0 saturated carbocycles. The summed E-state index contributed by atoms with van der Waals surface area (Å²) in [5.41, 5.74) is 2.72. The molecule has 5 nitrogen and oxygen atoms in total. The van der Waals surface area contributed by atoms with Crippen LogP contribution >= 0.6 is 22.9 Å². The van der Waals surface area contributed by atoms with Gasteiger partial charge in [-0.25, -0.2) is 0 Å². The van der Waals surface area contributed by atoms with Crippen molar-refractivity contribution in [2.75, 3.05) is 26.7 Å².